The second-order valence-corrected chi connectivity index (χ2v) is 6.58. The van der Waals surface area contributed by atoms with Crippen molar-refractivity contribution in [2.45, 2.75) is 52.9 Å². The number of nitrogens with one attached hydrogen (secondary N) is 1. The van der Waals surface area contributed by atoms with Gasteiger partial charge in [-0.05, 0) is 50.6 Å². The van der Waals surface area contributed by atoms with Crippen molar-refractivity contribution in [3.8, 4) is 0 Å². The molecule has 1 atom stereocenters. The minimum atomic E-state index is 0. The van der Waals surface area contributed by atoms with Gasteiger partial charge in [-0.1, -0.05) is 20.8 Å². The van der Waals surface area contributed by atoms with Gasteiger partial charge in [0.05, 0.1) is 0 Å². The van der Waals surface area contributed by atoms with Crippen LogP contribution in [0.4, 0.5) is 0 Å². The number of amides is 1. The third-order valence-corrected chi connectivity index (χ3v) is 4.12. The molecule has 0 saturated carbocycles. The Hall–Kier alpha value is -0.280. The fourth-order valence-corrected chi connectivity index (χ4v) is 2.79. The van der Waals surface area contributed by atoms with E-state index < -0.39 is 0 Å². The smallest absolute Gasteiger partial charge is 0.222 e. The molecule has 1 rings (SSSR count). The SMILES string of the molecule is CNCCCC(=O)N1CCCC(C(C)(C)C)CC1.Cl. The molecule has 1 fully saturated rings. The summed E-state index contributed by atoms with van der Waals surface area (Å²) < 4.78 is 0. The summed E-state index contributed by atoms with van der Waals surface area (Å²) in [6, 6.07) is 0. The molecule has 1 amide bonds. The molecule has 1 unspecified atom stereocenters. The van der Waals surface area contributed by atoms with Gasteiger partial charge >= 0.3 is 0 Å². The maximum absolute atomic E-state index is 12.1. The highest BCUT2D eigenvalue weighted by Gasteiger charge is 2.28. The number of likely N-dealkylation sites (tertiary alicyclic amines) is 1. The normalized spacial score (nSPS) is 20.6. The largest absolute Gasteiger partial charge is 0.343 e. The molecule has 0 aromatic carbocycles. The van der Waals surface area contributed by atoms with Gasteiger partial charge in [-0.15, -0.1) is 12.4 Å². The zero-order valence-corrected chi connectivity index (χ0v) is 13.8. The molecular weight excluding hydrogens is 260 g/mol. The van der Waals surface area contributed by atoms with Crippen molar-refractivity contribution in [3.63, 3.8) is 0 Å². The van der Waals surface area contributed by atoms with E-state index in [1.165, 1.54) is 19.3 Å². The van der Waals surface area contributed by atoms with E-state index >= 15 is 0 Å². The second kappa shape index (κ2) is 8.80. The average molecular weight is 291 g/mol. The van der Waals surface area contributed by atoms with Crippen molar-refractivity contribution in [1.29, 1.82) is 0 Å². The standard InChI is InChI=1S/C15H30N2O.ClH/c1-15(2,3)13-7-6-11-17(12-9-13)14(18)8-5-10-16-4;/h13,16H,5-12H2,1-4H3;1H. The van der Waals surface area contributed by atoms with Crippen LogP contribution in [0, 0.1) is 11.3 Å². The van der Waals surface area contributed by atoms with Gasteiger partial charge in [0.15, 0.2) is 0 Å². The molecule has 4 heteroatoms. The van der Waals surface area contributed by atoms with Crippen molar-refractivity contribution < 1.29 is 4.79 Å². The number of nitrogens with zero attached hydrogens (tertiary/aromatic N) is 1. The van der Waals surface area contributed by atoms with Crippen molar-refractivity contribution in [3.05, 3.63) is 0 Å². The maximum Gasteiger partial charge on any atom is 0.222 e. The molecule has 0 spiro atoms. The van der Waals surface area contributed by atoms with E-state index in [0.717, 1.165) is 32.0 Å². The Bertz CT molecular complexity index is 263. The Morgan fingerprint density at radius 1 is 1.26 bits per heavy atom. The first kappa shape index (κ1) is 18.7. The monoisotopic (exact) mass is 290 g/mol. The van der Waals surface area contributed by atoms with Gasteiger partial charge in [0.25, 0.3) is 0 Å². The van der Waals surface area contributed by atoms with Gasteiger partial charge in [-0.3, -0.25) is 4.79 Å². The molecule has 0 aliphatic carbocycles. The second-order valence-electron chi connectivity index (χ2n) is 6.58. The lowest BCUT2D eigenvalue weighted by molar-refractivity contribution is -0.131. The summed E-state index contributed by atoms with van der Waals surface area (Å²) >= 11 is 0. The zero-order valence-electron chi connectivity index (χ0n) is 13.0. The Balaban J connectivity index is 0.00000324. The van der Waals surface area contributed by atoms with Crippen LogP contribution < -0.4 is 5.32 Å². The molecule has 0 aromatic rings. The number of carbonyl (C=O) groups is 1. The molecule has 1 heterocycles. The maximum atomic E-state index is 12.1. The number of carbonyl (C=O) groups excluding carboxylic acids is 1. The zero-order chi connectivity index (χ0) is 13.6. The van der Waals surface area contributed by atoms with Crippen LogP contribution in [0.5, 0.6) is 0 Å². The minimum absolute atomic E-state index is 0. The fourth-order valence-electron chi connectivity index (χ4n) is 2.79. The van der Waals surface area contributed by atoms with Gasteiger partial charge in [0, 0.05) is 19.5 Å². The van der Waals surface area contributed by atoms with Gasteiger partial charge in [0.1, 0.15) is 0 Å². The summed E-state index contributed by atoms with van der Waals surface area (Å²) in [5.41, 5.74) is 0.380. The molecule has 114 valence electrons. The predicted octanol–water partition coefficient (Wildman–Crippen LogP) is 3.08. The number of hydrogen-bond acceptors (Lipinski definition) is 2. The van der Waals surface area contributed by atoms with Crippen molar-refractivity contribution >= 4 is 18.3 Å². The van der Waals surface area contributed by atoms with Crippen LogP contribution in [0.3, 0.4) is 0 Å². The molecule has 1 N–H and O–H groups in total. The lowest BCUT2D eigenvalue weighted by atomic mass is 9.77. The van der Waals surface area contributed by atoms with Crippen LogP contribution in [0.1, 0.15) is 52.9 Å². The number of halogens is 1. The van der Waals surface area contributed by atoms with E-state index in [4.69, 9.17) is 0 Å². The van der Waals surface area contributed by atoms with Gasteiger partial charge < -0.3 is 10.2 Å². The highest BCUT2D eigenvalue weighted by molar-refractivity contribution is 5.85. The van der Waals surface area contributed by atoms with Gasteiger partial charge in [-0.25, -0.2) is 0 Å². The molecule has 3 nitrogen and oxygen atoms in total. The topological polar surface area (TPSA) is 32.3 Å². The lowest BCUT2D eigenvalue weighted by Crippen LogP contribution is -2.32. The molecular formula is C15H31ClN2O. The third kappa shape index (κ3) is 6.62. The lowest BCUT2D eigenvalue weighted by Gasteiger charge is -2.29. The quantitative estimate of drug-likeness (QED) is 0.807. The fraction of sp³-hybridized carbons (Fsp3) is 0.933. The van der Waals surface area contributed by atoms with Crippen molar-refractivity contribution in [2.75, 3.05) is 26.7 Å². The van der Waals surface area contributed by atoms with Crippen LogP contribution in [-0.4, -0.2) is 37.5 Å². The first-order valence-electron chi connectivity index (χ1n) is 7.37. The summed E-state index contributed by atoms with van der Waals surface area (Å²) in [4.78, 5) is 14.2. The van der Waals surface area contributed by atoms with Crippen LogP contribution in [0.25, 0.3) is 0 Å². The van der Waals surface area contributed by atoms with Crippen LogP contribution >= 0.6 is 12.4 Å². The molecule has 0 bridgehead atoms. The average Bonchev–Trinajstić information content (AvgIpc) is 2.54. The van der Waals surface area contributed by atoms with E-state index in [2.05, 4.69) is 31.0 Å². The Kier molecular flexibility index (Phi) is 8.67. The van der Waals surface area contributed by atoms with Crippen LogP contribution in [0.15, 0.2) is 0 Å². The summed E-state index contributed by atoms with van der Waals surface area (Å²) in [6.07, 6.45) is 5.25. The molecule has 1 saturated heterocycles. The number of rotatable bonds is 4. The van der Waals surface area contributed by atoms with Crippen molar-refractivity contribution in [1.82, 2.24) is 10.2 Å². The van der Waals surface area contributed by atoms with E-state index in [1.54, 1.807) is 0 Å². The van der Waals surface area contributed by atoms with Crippen LogP contribution in [0.2, 0.25) is 0 Å². The summed E-state index contributed by atoms with van der Waals surface area (Å²) in [6.45, 7) is 9.82. The van der Waals surface area contributed by atoms with Crippen molar-refractivity contribution in [2.24, 2.45) is 11.3 Å². The Labute approximate surface area is 124 Å². The summed E-state index contributed by atoms with van der Waals surface area (Å²) in [5.74, 6) is 1.10. The molecule has 1 aliphatic rings. The minimum Gasteiger partial charge on any atom is -0.343 e. The van der Waals surface area contributed by atoms with Gasteiger partial charge in [-0.2, -0.15) is 0 Å². The Morgan fingerprint density at radius 2 is 1.95 bits per heavy atom. The summed E-state index contributed by atoms with van der Waals surface area (Å²) in [7, 11) is 1.93. The molecule has 0 radical (unpaired) electrons. The van der Waals surface area contributed by atoms with E-state index in [1.807, 2.05) is 7.05 Å². The first-order chi connectivity index (χ1) is 8.45. The van der Waals surface area contributed by atoms with E-state index in [9.17, 15) is 4.79 Å². The van der Waals surface area contributed by atoms with E-state index in [0.29, 0.717) is 17.7 Å². The molecule has 0 aromatic heterocycles. The molecule has 19 heavy (non-hydrogen) atoms. The summed E-state index contributed by atoms with van der Waals surface area (Å²) in [5, 5.41) is 3.09. The first-order valence-corrected chi connectivity index (χ1v) is 7.37. The van der Waals surface area contributed by atoms with Gasteiger partial charge in [0.2, 0.25) is 5.91 Å². The van der Waals surface area contributed by atoms with E-state index in [-0.39, 0.29) is 12.4 Å². The highest BCUT2D eigenvalue weighted by Crippen LogP contribution is 2.34. The third-order valence-electron chi connectivity index (χ3n) is 4.12. The predicted molar refractivity (Wildman–Crippen MR) is 83.8 cm³/mol. The van der Waals surface area contributed by atoms with Crippen LogP contribution in [-0.2, 0) is 4.79 Å². The molecule has 1 aliphatic heterocycles. The number of hydrogen-bond donors (Lipinski definition) is 1. The Morgan fingerprint density at radius 3 is 2.53 bits per heavy atom. The highest BCUT2D eigenvalue weighted by atomic mass is 35.5.